The molecule has 0 amide bonds. The van der Waals surface area contributed by atoms with Gasteiger partial charge in [-0.15, -0.1) is 0 Å². The van der Waals surface area contributed by atoms with Gasteiger partial charge in [0, 0.05) is 36.8 Å². The van der Waals surface area contributed by atoms with Gasteiger partial charge < -0.3 is 5.32 Å². The fraction of sp³-hybridized carbons (Fsp3) is 0.364. The lowest BCUT2D eigenvalue weighted by Gasteiger charge is -2.15. The number of aliphatic imine (C=N–C) groups is 1. The third-order valence-electron chi connectivity index (χ3n) is 2.99. The first-order valence-electron chi connectivity index (χ1n) is 4.78. The highest BCUT2D eigenvalue weighted by Gasteiger charge is 2.36. The number of nitrogens with zero attached hydrogens (tertiary/aromatic N) is 1. The van der Waals surface area contributed by atoms with Crippen LogP contribution in [0.3, 0.4) is 0 Å². The SMILES string of the molecule is C1=CC2NC3CC=NC=C3C2C=C1. The monoisotopic (exact) mass is 172 g/mol. The van der Waals surface area contributed by atoms with Crippen molar-refractivity contribution in [2.45, 2.75) is 18.5 Å². The average molecular weight is 172 g/mol. The van der Waals surface area contributed by atoms with Crippen LogP contribution >= 0.6 is 0 Å². The molecule has 2 heterocycles. The molecule has 3 atom stereocenters. The normalized spacial score (nSPS) is 40.0. The number of fused-ring (bicyclic) bond motifs is 3. The Hall–Kier alpha value is -1.15. The second-order valence-corrected chi connectivity index (χ2v) is 3.74. The van der Waals surface area contributed by atoms with Crippen molar-refractivity contribution in [1.82, 2.24) is 5.32 Å². The molecule has 3 aliphatic rings. The molecule has 0 saturated carbocycles. The van der Waals surface area contributed by atoms with E-state index in [1.54, 1.807) is 0 Å². The van der Waals surface area contributed by atoms with Crippen LogP contribution in [0.4, 0.5) is 0 Å². The van der Waals surface area contributed by atoms with Crippen molar-refractivity contribution >= 4 is 6.21 Å². The molecule has 66 valence electrons. The predicted octanol–water partition coefficient (Wildman–Crippen LogP) is 1.43. The lowest BCUT2D eigenvalue weighted by atomic mass is 9.89. The average Bonchev–Trinajstić information content (AvgIpc) is 2.56. The van der Waals surface area contributed by atoms with E-state index < -0.39 is 0 Å². The van der Waals surface area contributed by atoms with Crippen LogP contribution in [0, 0.1) is 5.92 Å². The van der Waals surface area contributed by atoms with Gasteiger partial charge in [0.15, 0.2) is 0 Å². The van der Waals surface area contributed by atoms with E-state index in [9.17, 15) is 0 Å². The first-order valence-corrected chi connectivity index (χ1v) is 4.78. The Balaban J connectivity index is 1.99. The molecule has 0 aromatic rings. The highest BCUT2D eigenvalue weighted by atomic mass is 15.0. The van der Waals surface area contributed by atoms with E-state index in [1.807, 2.05) is 12.4 Å². The van der Waals surface area contributed by atoms with Crippen LogP contribution in [0.5, 0.6) is 0 Å². The molecule has 13 heavy (non-hydrogen) atoms. The van der Waals surface area contributed by atoms with Gasteiger partial charge in [0.25, 0.3) is 0 Å². The van der Waals surface area contributed by atoms with Crippen LogP contribution in [0.25, 0.3) is 0 Å². The second-order valence-electron chi connectivity index (χ2n) is 3.74. The summed E-state index contributed by atoms with van der Waals surface area (Å²) in [5.41, 5.74) is 1.45. The molecule has 3 rings (SSSR count). The van der Waals surface area contributed by atoms with Crippen LogP contribution in [0.1, 0.15) is 6.42 Å². The molecule has 2 heteroatoms. The minimum Gasteiger partial charge on any atom is -0.303 e. The molecule has 2 nitrogen and oxygen atoms in total. The molecular weight excluding hydrogens is 160 g/mol. The number of hydrogen-bond donors (Lipinski definition) is 1. The maximum atomic E-state index is 4.23. The van der Waals surface area contributed by atoms with Crippen LogP contribution < -0.4 is 5.32 Å². The highest BCUT2D eigenvalue weighted by Crippen LogP contribution is 2.33. The minimum atomic E-state index is 0.503. The fourth-order valence-electron chi connectivity index (χ4n) is 2.33. The van der Waals surface area contributed by atoms with Gasteiger partial charge in [-0.05, 0) is 5.57 Å². The predicted molar refractivity (Wildman–Crippen MR) is 53.7 cm³/mol. The van der Waals surface area contributed by atoms with Gasteiger partial charge in [-0.2, -0.15) is 0 Å². The van der Waals surface area contributed by atoms with Gasteiger partial charge in [-0.25, -0.2) is 0 Å². The van der Waals surface area contributed by atoms with E-state index in [0.29, 0.717) is 18.0 Å². The maximum absolute atomic E-state index is 4.23. The van der Waals surface area contributed by atoms with Crippen LogP contribution in [-0.2, 0) is 0 Å². The molecule has 0 bridgehead atoms. The van der Waals surface area contributed by atoms with E-state index >= 15 is 0 Å². The van der Waals surface area contributed by atoms with Crippen molar-refractivity contribution in [3.8, 4) is 0 Å². The van der Waals surface area contributed by atoms with Crippen LogP contribution in [0.15, 0.2) is 41.1 Å². The summed E-state index contributed by atoms with van der Waals surface area (Å²) >= 11 is 0. The Morgan fingerprint density at radius 1 is 1.31 bits per heavy atom. The van der Waals surface area contributed by atoms with Gasteiger partial charge in [0.2, 0.25) is 0 Å². The van der Waals surface area contributed by atoms with Gasteiger partial charge in [-0.1, -0.05) is 24.3 Å². The molecule has 1 fully saturated rings. The lowest BCUT2D eigenvalue weighted by molar-refractivity contribution is 0.595. The van der Waals surface area contributed by atoms with Crippen molar-refractivity contribution < 1.29 is 0 Å². The standard InChI is InChI=1S/C11H12N2/c1-2-4-10-8(3-1)9-7-12-6-5-11(9)13-10/h1-4,6-8,10-11,13H,5H2. The number of nitrogens with one attached hydrogen (secondary N) is 1. The lowest BCUT2D eigenvalue weighted by Crippen LogP contribution is -2.30. The molecule has 0 spiro atoms. The Morgan fingerprint density at radius 2 is 2.23 bits per heavy atom. The van der Waals surface area contributed by atoms with E-state index in [0.717, 1.165) is 6.42 Å². The van der Waals surface area contributed by atoms with Crippen molar-refractivity contribution in [1.29, 1.82) is 0 Å². The van der Waals surface area contributed by atoms with Crippen molar-refractivity contribution in [3.05, 3.63) is 36.1 Å². The van der Waals surface area contributed by atoms with E-state index in [2.05, 4.69) is 34.6 Å². The van der Waals surface area contributed by atoms with Gasteiger partial charge in [0.05, 0.1) is 0 Å². The zero-order chi connectivity index (χ0) is 8.67. The molecule has 0 aromatic carbocycles. The van der Waals surface area contributed by atoms with Gasteiger partial charge >= 0.3 is 0 Å². The van der Waals surface area contributed by atoms with Crippen LogP contribution in [-0.4, -0.2) is 18.3 Å². The topological polar surface area (TPSA) is 24.4 Å². The van der Waals surface area contributed by atoms with E-state index in [1.165, 1.54) is 5.57 Å². The maximum Gasteiger partial charge on any atom is 0.0360 e. The summed E-state index contributed by atoms with van der Waals surface area (Å²) in [5.74, 6) is 0.549. The summed E-state index contributed by atoms with van der Waals surface area (Å²) in [4.78, 5) is 4.23. The Kier molecular flexibility index (Phi) is 1.49. The first-order chi connectivity index (χ1) is 6.45. The molecular formula is C11H12N2. The van der Waals surface area contributed by atoms with Gasteiger partial charge in [-0.3, -0.25) is 4.99 Å². The summed E-state index contributed by atoms with van der Waals surface area (Å²) in [6.07, 6.45) is 13.8. The molecule has 0 radical (unpaired) electrons. The summed E-state index contributed by atoms with van der Waals surface area (Å²) in [7, 11) is 0. The molecule has 2 aliphatic heterocycles. The zero-order valence-corrected chi connectivity index (χ0v) is 7.35. The summed E-state index contributed by atoms with van der Waals surface area (Å²) in [6, 6.07) is 1.03. The zero-order valence-electron chi connectivity index (χ0n) is 7.35. The van der Waals surface area contributed by atoms with Crippen LogP contribution in [0.2, 0.25) is 0 Å². The summed E-state index contributed by atoms with van der Waals surface area (Å²) in [6.45, 7) is 0. The summed E-state index contributed by atoms with van der Waals surface area (Å²) in [5, 5.41) is 3.60. The first kappa shape index (κ1) is 7.27. The van der Waals surface area contributed by atoms with E-state index in [-0.39, 0.29) is 0 Å². The number of hydrogen-bond acceptors (Lipinski definition) is 2. The van der Waals surface area contributed by atoms with Crippen molar-refractivity contribution in [2.24, 2.45) is 10.9 Å². The molecule has 1 N–H and O–H groups in total. The third-order valence-corrected chi connectivity index (χ3v) is 2.99. The minimum absolute atomic E-state index is 0.503. The molecule has 1 saturated heterocycles. The van der Waals surface area contributed by atoms with Crippen molar-refractivity contribution in [2.75, 3.05) is 0 Å². The van der Waals surface area contributed by atoms with Crippen molar-refractivity contribution in [3.63, 3.8) is 0 Å². The Labute approximate surface area is 77.7 Å². The largest absolute Gasteiger partial charge is 0.303 e. The van der Waals surface area contributed by atoms with E-state index in [4.69, 9.17) is 0 Å². The van der Waals surface area contributed by atoms with Gasteiger partial charge in [0.1, 0.15) is 0 Å². The molecule has 0 aromatic heterocycles. The number of rotatable bonds is 0. The smallest absolute Gasteiger partial charge is 0.0360 e. The Morgan fingerprint density at radius 3 is 3.23 bits per heavy atom. The third kappa shape index (κ3) is 1.02. The number of allylic oxidation sites excluding steroid dienone is 2. The molecule has 3 unspecified atom stereocenters. The second kappa shape index (κ2) is 2.67. The summed E-state index contributed by atoms with van der Waals surface area (Å²) < 4.78 is 0. The molecule has 1 aliphatic carbocycles. The quantitative estimate of drug-likeness (QED) is 0.587. The highest BCUT2D eigenvalue weighted by molar-refractivity contribution is 5.63. The Bertz CT molecular complexity index is 336. The fourth-order valence-corrected chi connectivity index (χ4v) is 2.33.